The topological polar surface area (TPSA) is 98.2 Å². The Hall–Kier alpha value is -4.07. The lowest BCUT2D eigenvalue weighted by molar-refractivity contribution is -0.385. The van der Waals surface area contributed by atoms with Gasteiger partial charge in [-0.2, -0.15) is 10.2 Å². The van der Waals surface area contributed by atoms with Crippen LogP contribution in [0.4, 0.5) is 11.4 Å². The summed E-state index contributed by atoms with van der Waals surface area (Å²) in [5.41, 5.74) is 6.52. The van der Waals surface area contributed by atoms with Crippen LogP contribution < -0.4 is 5.43 Å². The van der Waals surface area contributed by atoms with Crippen molar-refractivity contribution in [3.8, 4) is 5.69 Å². The number of aryl methyl sites for hydroxylation is 1. The van der Waals surface area contributed by atoms with E-state index in [-0.39, 0.29) is 5.69 Å². The quantitative estimate of drug-likeness (QED) is 0.323. The molecule has 2 aromatic carbocycles. The van der Waals surface area contributed by atoms with E-state index in [2.05, 4.69) is 20.6 Å². The number of fused-ring (bicyclic) bond motifs is 1. The number of hydrogen-bond donors (Lipinski definition) is 1. The highest BCUT2D eigenvalue weighted by atomic mass is 16.6. The highest BCUT2D eigenvalue weighted by Gasteiger charge is 2.14. The number of hydrazone groups is 1. The lowest BCUT2D eigenvalue weighted by Crippen LogP contribution is -1.98. The van der Waals surface area contributed by atoms with Gasteiger partial charge in [0.25, 0.3) is 5.69 Å². The summed E-state index contributed by atoms with van der Waals surface area (Å²) in [7, 11) is 0. The Balaban J connectivity index is 1.69. The van der Waals surface area contributed by atoms with Crippen LogP contribution in [-0.4, -0.2) is 25.9 Å². The Morgan fingerprint density at radius 3 is 2.64 bits per heavy atom. The van der Waals surface area contributed by atoms with Gasteiger partial charge < -0.3 is 0 Å². The number of rotatable bonds is 5. The summed E-state index contributed by atoms with van der Waals surface area (Å²) in [5, 5.41) is 20.7. The van der Waals surface area contributed by atoms with Crippen LogP contribution in [0.3, 0.4) is 0 Å². The molecular weight excluding hydrogens is 356 g/mol. The smallest absolute Gasteiger partial charge is 0.278 e. The molecule has 4 rings (SSSR count). The third kappa shape index (κ3) is 3.18. The minimum Gasteiger partial charge on any atom is -0.278 e. The van der Waals surface area contributed by atoms with Gasteiger partial charge in [-0.3, -0.25) is 15.5 Å². The second-order valence-corrected chi connectivity index (χ2v) is 6.08. The fraction of sp³-hybridized carbons (Fsp3) is 0.0500. The van der Waals surface area contributed by atoms with E-state index >= 15 is 0 Å². The Morgan fingerprint density at radius 2 is 1.86 bits per heavy atom. The first-order chi connectivity index (χ1) is 13.6. The molecule has 8 nitrogen and oxygen atoms in total. The van der Waals surface area contributed by atoms with E-state index in [9.17, 15) is 10.1 Å². The molecule has 0 atom stereocenters. The number of nitrogens with zero attached hydrogens (tertiary/aromatic N) is 5. The van der Waals surface area contributed by atoms with Crippen molar-refractivity contribution < 1.29 is 4.92 Å². The van der Waals surface area contributed by atoms with Gasteiger partial charge in [0.15, 0.2) is 5.65 Å². The molecule has 0 aliphatic carbocycles. The van der Waals surface area contributed by atoms with Crippen LogP contribution >= 0.6 is 0 Å². The van der Waals surface area contributed by atoms with Crippen LogP contribution in [0.15, 0.2) is 72.0 Å². The molecule has 8 heteroatoms. The van der Waals surface area contributed by atoms with E-state index in [1.807, 2.05) is 37.3 Å². The Bertz CT molecular complexity index is 1180. The first-order valence-corrected chi connectivity index (χ1v) is 8.57. The number of benzene rings is 2. The largest absolute Gasteiger partial charge is 0.278 e. The third-order valence-electron chi connectivity index (χ3n) is 4.27. The average molecular weight is 372 g/mol. The minimum atomic E-state index is -0.431. The van der Waals surface area contributed by atoms with Crippen molar-refractivity contribution in [1.29, 1.82) is 0 Å². The number of nitro benzene ring substituents is 1. The number of aromatic nitrogens is 3. The summed E-state index contributed by atoms with van der Waals surface area (Å²) >= 11 is 0. The molecule has 28 heavy (non-hydrogen) atoms. The van der Waals surface area contributed by atoms with E-state index in [1.54, 1.807) is 35.1 Å². The van der Waals surface area contributed by atoms with E-state index in [0.717, 1.165) is 22.5 Å². The van der Waals surface area contributed by atoms with Gasteiger partial charge in [-0.25, -0.2) is 9.67 Å². The zero-order valence-corrected chi connectivity index (χ0v) is 15.0. The predicted molar refractivity (Wildman–Crippen MR) is 108 cm³/mol. The molecule has 0 amide bonds. The highest BCUT2D eigenvalue weighted by molar-refractivity contribution is 5.93. The average Bonchev–Trinajstić information content (AvgIpc) is 3.06. The van der Waals surface area contributed by atoms with Gasteiger partial charge in [-0.15, -0.1) is 0 Å². The molecule has 0 aliphatic heterocycles. The maximum Gasteiger partial charge on any atom is 0.278 e. The molecule has 2 heterocycles. The number of pyridine rings is 1. The molecule has 0 bridgehead atoms. The molecule has 0 saturated heterocycles. The second-order valence-electron chi connectivity index (χ2n) is 6.08. The molecular formula is C20H16N6O2. The predicted octanol–water partition coefficient (Wildman–Crippen LogP) is 4.08. The lowest BCUT2D eigenvalue weighted by Gasteiger charge is -2.04. The van der Waals surface area contributed by atoms with Crippen molar-refractivity contribution in [2.45, 2.75) is 6.92 Å². The summed E-state index contributed by atoms with van der Waals surface area (Å²) in [6.45, 7) is 1.90. The summed E-state index contributed by atoms with van der Waals surface area (Å²) in [5.74, 6) is 0. The van der Waals surface area contributed by atoms with Gasteiger partial charge in [-0.05, 0) is 31.2 Å². The van der Waals surface area contributed by atoms with Gasteiger partial charge in [0.05, 0.1) is 39.2 Å². The van der Waals surface area contributed by atoms with Crippen molar-refractivity contribution in [1.82, 2.24) is 14.8 Å². The van der Waals surface area contributed by atoms with Crippen LogP contribution in [0.2, 0.25) is 0 Å². The number of nitrogens with one attached hydrogen (secondary N) is 1. The molecule has 1 N–H and O–H groups in total. The fourth-order valence-electron chi connectivity index (χ4n) is 2.99. The third-order valence-corrected chi connectivity index (χ3v) is 4.27. The van der Waals surface area contributed by atoms with Crippen LogP contribution in [-0.2, 0) is 0 Å². The van der Waals surface area contributed by atoms with E-state index < -0.39 is 4.92 Å². The van der Waals surface area contributed by atoms with Gasteiger partial charge in [0.2, 0.25) is 0 Å². The minimum absolute atomic E-state index is 0.000929. The van der Waals surface area contributed by atoms with Crippen LogP contribution in [0, 0.1) is 17.0 Å². The molecule has 0 unspecified atom stereocenters. The first-order valence-electron chi connectivity index (χ1n) is 8.57. The molecule has 0 fully saturated rings. The Labute approximate surface area is 160 Å². The molecule has 4 aromatic rings. The van der Waals surface area contributed by atoms with Crippen molar-refractivity contribution in [3.05, 3.63) is 88.2 Å². The highest BCUT2D eigenvalue weighted by Crippen LogP contribution is 2.27. The summed E-state index contributed by atoms with van der Waals surface area (Å²) < 4.78 is 1.78. The summed E-state index contributed by atoms with van der Waals surface area (Å²) in [4.78, 5) is 15.1. The van der Waals surface area contributed by atoms with E-state index in [0.29, 0.717) is 11.2 Å². The van der Waals surface area contributed by atoms with Gasteiger partial charge in [0.1, 0.15) is 0 Å². The maximum absolute atomic E-state index is 11.1. The van der Waals surface area contributed by atoms with Crippen molar-refractivity contribution in [2.24, 2.45) is 5.10 Å². The maximum atomic E-state index is 11.1. The van der Waals surface area contributed by atoms with Crippen molar-refractivity contribution in [3.63, 3.8) is 0 Å². The van der Waals surface area contributed by atoms with Gasteiger partial charge >= 0.3 is 0 Å². The van der Waals surface area contributed by atoms with Crippen LogP contribution in [0.1, 0.15) is 11.3 Å². The van der Waals surface area contributed by atoms with Crippen molar-refractivity contribution in [2.75, 3.05) is 5.43 Å². The molecule has 2 aromatic heterocycles. The Kier molecular flexibility index (Phi) is 4.51. The van der Waals surface area contributed by atoms with Crippen molar-refractivity contribution >= 4 is 28.6 Å². The molecule has 0 aliphatic rings. The van der Waals surface area contributed by atoms with Crippen LogP contribution in [0.5, 0.6) is 0 Å². The lowest BCUT2D eigenvalue weighted by atomic mass is 10.2. The van der Waals surface area contributed by atoms with E-state index in [1.165, 1.54) is 12.3 Å². The van der Waals surface area contributed by atoms with Gasteiger partial charge in [-0.1, -0.05) is 30.3 Å². The molecule has 0 spiro atoms. The molecule has 0 saturated carbocycles. The number of para-hydroxylation sites is 2. The molecule has 0 radical (unpaired) electrons. The summed E-state index contributed by atoms with van der Waals surface area (Å²) in [6.07, 6.45) is 3.10. The second kappa shape index (κ2) is 7.28. The monoisotopic (exact) mass is 372 g/mol. The van der Waals surface area contributed by atoms with Gasteiger partial charge in [0, 0.05) is 12.3 Å². The first kappa shape index (κ1) is 17.3. The Morgan fingerprint density at radius 1 is 1.11 bits per heavy atom. The molecule has 138 valence electrons. The summed E-state index contributed by atoms with van der Waals surface area (Å²) in [6, 6.07) is 18.0. The standard InChI is InChI=1S/C20H16N6O2/c1-14-19-17(23-22-13-15-7-5-6-10-18(15)26(27)28)11-12-21-20(19)25(24-14)16-8-3-2-4-9-16/h2-13H,1H3,(H,21,23)/b22-13-. The zero-order chi connectivity index (χ0) is 19.5. The number of hydrogen-bond acceptors (Lipinski definition) is 6. The number of nitro groups is 1. The number of anilines is 1. The zero-order valence-electron chi connectivity index (χ0n) is 15.0. The van der Waals surface area contributed by atoms with Crippen LogP contribution in [0.25, 0.3) is 16.7 Å². The normalized spacial score (nSPS) is 11.2. The fourth-order valence-corrected chi connectivity index (χ4v) is 2.99. The SMILES string of the molecule is Cc1nn(-c2ccccc2)c2nccc(N/N=C\c3ccccc3[N+](=O)[O-])c12. The van der Waals surface area contributed by atoms with E-state index in [4.69, 9.17) is 0 Å².